The molecule has 2 aromatic rings. The van der Waals surface area contributed by atoms with Crippen molar-refractivity contribution < 1.29 is 48.7 Å². The van der Waals surface area contributed by atoms with Crippen LogP contribution in [-0.2, 0) is 25.4 Å². The van der Waals surface area contributed by atoms with Crippen LogP contribution in [0, 0.1) is 10.1 Å². The van der Waals surface area contributed by atoms with Gasteiger partial charge in [-0.1, -0.05) is 11.6 Å². The second-order valence-electron chi connectivity index (χ2n) is 6.03. The maximum Gasteiger partial charge on any atom is 0.501 e. The van der Waals surface area contributed by atoms with Gasteiger partial charge in [0.1, 0.15) is 0 Å². The molecular formula is C16H9ClF6N2O6S3. The van der Waals surface area contributed by atoms with Gasteiger partial charge >= 0.3 is 11.0 Å². The predicted molar refractivity (Wildman–Crippen MR) is 110 cm³/mol. The van der Waals surface area contributed by atoms with Crippen LogP contribution in [0.3, 0.4) is 0 Å². The Morgan fingerprint density at radius 1 is 1.12 bits per heavy atom. The number of amides is 1. The van der Waals surface area contributed by atoms with Gasteiger partial charge in [-0.3, -0.25) is 14.9 Å². The van der Waals surface area contributed by atoms with Gasteiger partial charge in [-0.15, -0.1) is 11.8 Å². The molecular weight excluding hydrogens is 562 g/mol. The molecule has 186 valence electrons. The fraction of sp³-hybridized carbons (Fsp3) is 0.188. The number of nitro groups is 1. The molecule has 0 aliphatic heterocycles. The summed E-state index contributed by atoms with van der Waals surface area (Å²) in [4.78, 5) is 19.9. The minimum absolute atomic E-state index is 0.275. The monoisotopic (exact) mass is 570 g/mol. The van der Waals surface area contributed by atoms with Crippen LogP contribution in [0.4, 0.5) is 37.7 Å². The first kappa shape index (κ1) is 27.9. The van der Waals surface area contributed by atoms with Crippen LogP contribution in [-0.4, -0.2) is 40.2 Å². The smallest absolute Gasteiger partial charge is 0.324 e. The molecule has 0 heterocycles. The highest BCUT2D eigenvalue weighted by atomic mass is 35.5. The summed E-state index contributed by atoms with van der Waals surface area (Å²) in [5.41, 5.74) is -12.1. The lowest BCUT2D eigenvalue weighted by atomic mass is 10.3. The van der Waals surface area contributed by atoms with Gasteiger partial charge < -0.3 is 5.32 Å². The van der Waals surface area contributed by atoms with Crippen molar-refractivity contribution >= 4 is 61.3 Å². The van der Waals surface area contributed by atoms with Gasteiger partial charge in [0, 0.05) is 6.07 Å². The lowest BCUT2D eigenvalue weighted by molar-refractivity contribution is -0.387. The van der Waals surface area contributed by atoms with Crippen molar-refractivity contribution in [3.05, 3.63) is 51.5 Å². The first-order valence-corrected chi connectivity index (χ1v) is 12.3. The van der Waals surface area contributed by atoms with Crippen molar-refractivity contribution in [2.75, 3.05) is 11.1 Å². The number of nitro benzene ring substituents is 1. The Balaban J connectivity index is 2.22. The van der Waals surface area contributed by atoms with E-state index in [1.807, 2.05) is 0 Å². The quantitative estimate of drug-likeness (QED) is 0.217. The van der Waals surface area contributed by atoms with Gasteiger partial charge in [-0.25, -0.2) is 12.6 Å². The summed E-state index contributed by atoms with van der Waals surface area (Å²) in [5.74, 6) is -1.61. The number of anilines is 1. The van der Waals surface area contributed by atoms with Gasteiger partial charge in [-0.05, 0) is 30.3 Å². The molecule has 0 spiro atoms. The second kappa shape index (κ2) is 10.1. The Labute approximate surface area is 198 Å². The Bertz CT molecular complexity index is 1270. The molecule has 0 saturated carbocycles. The van der Waals surface area contributed by atoms with Crippen molar-refractivity contribution in [1.82, 2.24) is 0 Å². The van der Waals surface area contributed by atoms with E-state index in [1.165, 1.54) is 0 Å². The molecule has 34 heavy (non-hydrogen) atoms. The van der Waals surface area contributed by atoms with E-state index in [4.69, 9.17) is 11.6 Å². The third-order valence-corrected chi connectivity index (χ3v) is 7.72. The van der Waals surface area contributed by atoms with Crippen molar-refractivity contribution in [3.8, 4) is 0 Å². The lowest BCUT2D eigenvalue weighted by Gasteiger charge is -2.12. The number of benzene rings is 2. The topological polar surface area (TPSA) is 123 Å². The molecule has 1 N–H and O–H groups in total. The largest absolute Gasteiger partial charge is 0.501 e. The van der Waals surface area contributed by atoms with Gasteiger partial charge in [-0.2, -0.15) is 26.3 Å². The number of hydrogen-bond acceptors (Lipinski definition) is 7. The van der Waals surface area contributed by atoms with Crippen LogP contribution < -0.4 is 5.32 Å². The Kier molecular flexibility index (Phi) is 8.27. The maximum atomic E-state index is 12.7. The number of carbonyl (C=O) groups is 1. The van der Waals surface area contributed by atoms with Gasteiger partial charge in [0.25, 0.3) is 15.5 Å². The van der Waals surface area contributed by atoms with E-state index in [9.17, 15) is 53.9 Å². The summed E-state index contributed by atoms with van der Waals surface area (Å²) < 4.78 is 110. The third kappa shape index (κ3) is 6.39. The summed E-state index contributed by atoms with van der Waals surface area (Å²) in [6.45, 7) is 0. The summed E-state index contributed by atoms with van der Waals surface area (Å²) in [6.07, 6.45) is 0. The molecule has 0 radical (unpaired) electrons. The zero-order valence-corrected chi connectivity index (χ0v) is 19.1. The first-order valence-electron chi connectivity index (χ1n) is 8.25. The first-order chi connectivity index (χ1) is 15.4. The highest BCUT2D eigenvalue weighted by Crippen LogP contribution is 2.36. The van der Waals surface area contributed by atoms with Crippen LogP contribution in [0.15, 0.2) is 51.1 Å². The average Bonchev–Trinajstić information content (AvgIpc) is 2.71. The molecule has 1 atom stereocenters. The SMILES string of the molecule is O=C(CSc1ccc(S(=O)C(F)(F)F)cc1[N+](=O)[O-])Nc1cc(S(=O)(=O)C(F)(F)F)ccc1Cl. The van der Waals surface area contributed by atoms with Crippen molar-refractivity contribution in [3.63, 3.8) is 0 Å². The van der Waals surface area contributed by atoms with Crippen LogP contribution in [0.1, 0.15) is 0 Å². The Morgan fingerprint density at radius 2 is 1.74 bits per heavy atom. The average molecular weight is 571 g/mol. The maximum absolute atomic E-state index is 12.7. The fourth-order valence-corrected chi connectivity index (χ4v) is 4.68. The van der Waals surface area contributed by atoms with Crippen LogP contribution in [0.5, 0.6) is 0 Å². The van der Waals surface area contributed by atoms with Gasteiger partial charge in [0.15, 0.2) is 10.8 Å². The number of nitrogens with one attached hydrogen (secondary N) is 1. The second-order valence-corrected chi connectivity index (χ2v) is 10.9. The van der Waals surface area contributed by atoms with Crippen LogP contribution in [0.25, 0.3) is 0 Å². The minimum Gasteiger partial charge on any atom is -0.324 e. The fourth-order valence-electron chi connectivity index (χ4n) is 2.24. The van der Waals surface area contributed by atoms with E-state index in [1.54, 1.807) is 0 Å². The summed E-state index contributed by atoms with van der Waals surface area (Å²) in [6, 6.07) is 3.85. The van der Waals surface area contributed by atoms with E-state index in [2.05, 4.69) is 5.32 Å². The van der Waals surface area contributed by atoms with Crippen molar-refractivity contribution in [2.24, 2.45) is 0 Å². The molecule has 0 bridgehead atoms. The Hall–Kier alpha value is -2.37. The number of sulfone groups is 1. The molecule has 2 aromatic carbocycles. The zero-order valence-electron chi connectivity index (χ0n) is 15.9. The van der Waals surface area contributed by atoms with Crippen molar-refractivity contribution in [1.29, 1.82) is 0 Å². The normalized spacial score (nSPS) is 13.4. The molecule has 8 nitrogen and oxygen atoms in total. The van der Waals surface area contributed by atoms with E-state index in [-0.39, 0.29) is 9.92 Å². The summed E-state index contributed by atoms with van der Waals surface area (Å²) in [7, 11) is -9.27. The van der Waals surface area contributed by atoms with Crippen LogP contribution >= 0.6 is 23.4 Å². The molecule has 0 aliphatic carbocycles. The number of alkyl halides is 6. The predicted octanol–water partition coefficient (Wildman–Crippen LogP) is 4.90. The number of halogens is 7. The summed E-state index contributed by atoms with van der Waals surface area (Å²) >= 11 is 6.24. The third-order valence-electron chi connectivity index (χ3n) is 3.74. The summed E-state index contributed by atoms with van der Waals surface area (Å²) in [5, 5.41) is 12.9. The molecule has 0 fully saturated rings. The highest BCUT2D eigenvalue weighted by molar-refractivity contribution is 8.00. The van der Waals surface area contributed by atoms with Crippen LogP contribution in [0.2, 0.25) is 5.02 Å². The molecule has 1 unspecified atom stereocenters. The highest BCUT2D eigenvalue weighted by Gasteiger charge is 2.47. The van der Waals surface area contributed by atoms with E-state index in [0.29, 0.717) is 30.0 Å². The number of carbonyl (C=O) groups excluding carboxylic acids is 1. The number of hydrogen-bond donors (Lipinski definition) is 1. The number of rotatable bonds is 7. The van der Waals surface area contributed by atoms with E-state index in [0.717, 1.165) is 18.2 Å². The Morgan fingerprint density at radius 3 is 2.26 bits per heavy atom. The van der Waals surface area contributed by atoms with Crippen molar-refractivity contribution in [2.45, 2.75) is 25.7 Å². The molecule has 2 rings (SSSR count). The lowest BCUT2D eigenvalue weighted by Crippen LogP contribution is -2.23. The van der Waals surface area contributed by atoms with Gasteiger partial charge in [0.2, 0.25) is 5.91 Å². The zero-order chi connectivity index (χ0) is 26.1. The minimum atomic E-state index is -5.74. The number of thioether (sulfide) groups is 1. The molecule has 18 heteroatoms. The van der Waals surface area contributed by atoms with E-state index >= 15 is 0 Å². The number of nitrogens with zero attached hydrogens (tertiary/aromatic N) is 1. The van der Waals surface area contributed by atoms with Gasteiger partial charge in [0.05, 0.1) is 36.1 Å². The molecule has 1 amide bonds. The standard InChI is InChI=1S/C16H9ClF6N2O6S3/c17-10-3-2-9(34(30,31)16(21,22)23)6-11(10)24-14(26)7-32-13-4-1-8(5-12(13)25(27)28)33(29)15(18,19)20/h1-6H,7H2,(H,24,26). The van der Waals surface area contributed by atoms with E-state index < -0.39 is 69.4 Å². The molecule has 0 aliphatic rings. The molecule has 0 aromatic heterocycles. The molecule has 0 saturated heterocycles.